The van der Waals surface area contributed by atoms with Crippen LogP contribution in [0, 0.1) is 0 Å². The van der Waals surface area contributed by atoms with Gasteiger partial charge in [0.15, 0.2) is 22.2 Å². The van der Waals surface area contributed by atoms with E-state index in [4.69, 9.17) is 21.4 Å². The molecule has 0 unspecified atom stereocenters. The third kappa shape index (κ3) is 3.16. The largest absolute Gasteiger partial charge is 0.493 e. The van der Waals surface area contributed by atoms with E-state index in [0.29, 0.717) is 22.7 Å². The topological polar surface area (TPSA) is 58.8 Å². The summed E-state index contributed by atoms with van der Waals surface area (Å²) in [6, 6.07) is 8.23. The van der Waals surface area contributed by atoms with Gasteiger partial charge in [-0.05, 0) is 44.1 Å². The van der Waals surface area contributed by atoms with Gasteiger partial charge in [-0.15, -0.1) is 0 Å². The molecule has 1 heterocycles. The minimum Gasteiger partial charge on any atom is -0.493 e. The number of furan rings is 1. The van der Waals surface area contributed by atoms with Crippen LogP contribution in [0.15, 0.2) is 33.8 Å². The predicted octanol–water partition coefficient (Wildman–Crippen LogP) is 2.79. The van der Waals surface area contributed by atoms with Crippen molar-refractivity contribution in [2.75, 3.05) is 7.11 Å². The van der Waals surface area contributed by atoms with Crippen molar-refractivity contribution in [3.8, 4) is 5.75 Å². The molecule has 2 N–H and O–H groups in total. The molecule has 0 spiro atoms. The van der Waals surface area contributed by atoms with Crippen molar-refractivity contribution in [3.05, 3.63) is 30.0 Å². The zero-order chi connectivity index (χ0) is 14.8. The van der Waals surface area contributed by atoms with Crippen molar-refractivity contribution >= 4 is 34.0 Å². The maximum absolute atomic E-state index is 5.82. The van der Waals surface area contributed by atoms with Crippen LogP contribution in [0.5, 0.6) is 5.75 Å². The molecule has 1 aromatic heterocycles. The monoisotopic (exact) mass is 303 g/mol. The summed E-state index contributed by atoms with van der Waals surface area (Å²) < 4.78 is 11.1. The third-order valence-corrected chi connectivity index (χ3v) is 3.53. The first kappa shape index (κ1) is 13.9. The van der Waals surface area contributed by atoms with Crippen LogP contribution in [-0.2, 0) is 0 Å². The van der Waals surface area contributed by atoms with E-state index in [9.17, 15) is 0 Å². The Kier molecular flexibility index (Phi) is 3.79. The van der Waals surface area contributed by atoms with Gasteiger partial charge in [0.1, 0.15) is 5.71 Å². The normalized spacial score (nSPS) is 15.0. The molecule has 0 amide bonds. The number of fused-ring (bicyclic) bond motifs is 1. The van der Waals surface area contributed by atoms with Gasteiger partial charge in [-0.2, -0.15) is 5.10 Å². The number of hydrogen-bond acceptors (Lipinski definition) is 4. The summed E-state index contributed by atoms with van der Waals surface area (Å²) in [5.41, 5.74) is 4.30. The molecule has 21 heavy (non-hydrogen) atoms. The lowest BCUT2D eigenvalue weighted by Gasteiger charge is -2.05. The Labute approximate surface area is 128 Å². The van der Waals surface area contributed by atoms with E-state index in [-0.39, 0.29) is 0 Å². The highest BCUT2D eigenvalue weighted by Gasteiger charge is 2.21. The standard InChI is InChI=1S/C15H17N3O2S/c1-9(17-18-15(21)16-11-6-7-11)13-8-10-4-3-5-12(19-2)14(10)20-13/h3-5,8,11H,6-7H2,1-2H3,(H2,16,18,21). The molecule has 0 bridgehead atoms. The molecule has 110 valence electrons. The number of methoxy groups -OCH3 is 1. The van der Waals surface area contributed by atoms with Gasteiger partial charge in [0.25, 0.3) is 0 Å². The van der Waals surface area contributed by atoms with Crippen LogP contribution in [0.25, 0.3) is 11.0 Å². The van der Waals surface area contributed by atoms with Crippen LogP contribution < -0.4 is 15.5 Å². The van der Waals surface area contributed by atoms with Gasteiger partial charge in [0.2, 0.25) is 0 Å². The molecule has 1 aromatic carbocycles. The third-order valence-electron chi connectivity index (χ3n) is 3.32. The summed E-state index contributed by atoms with van der Waals surface area (Å²) in [5, 5.41) is 8.95. The fourth-order valence-electron chi connectivity index (χ4n) is 2.01. The Morgan fingerprint density at radius 2 is 2.24 bits per heavy atom. The van der Waals surface area contributed by atoms with Gasteiger partial charge in [0.05, 0.1) is 7.11 Å². The molecule has 0 saturated heterocycles. The number of hydrogen-bond donors (Lipinski definition) is 2. The van der Waals surface area contributed by atoms with E-state index in [1.54, 1.807) is 7.11 Å². The van der Waals surface area contributed by atoms with Crippen molar-refractivity contribution < 1.29 is 9.15 Å². The molecule has 0 aliphatic heterocycles. The van der Waals surface area contributed by atoms with Gasteiger partial charge in [-0.1, -0.05) is 12.1 Å². The Morgan fingerprint density at radius 1 is 1.43 bits per heavy atom. The number of nitrogens with one attached hydrogen (secondary N) is 2. The van der Waals surface area contributed by atoms with Gasteiger partial charge in [0, 0.05) is 11.4 Å². The minimum absolute atomic E-state index is 0.510. The van der Waals surface area contributed by atoms with Gasteiger partial charge >= 0.3 is 0 Å². The summed E-state index contributed by atoms with van der Waals surface area (Å²) >= 11 is 5.16. The highest BCUT2D eigenvalue weighted by atomic mass is 32.1. The number of nitrogens with zero attached hydrogens (tertiary/aromatic N) is 1. The smallest absolute Gasteiger partial charge is 0.187 e. The van der Waals surface area contributed by atoms with E-state index < -0.39 is 0 Å². The summed E-state index contributed by atoms with van der Waals surface area (Å²) in [7, 11) is 1.63. The van der Waals surface area contributed by atoms with Crippen LogP contribution >= 0.6 is 12.2 Å². The van der Waals surface area contributed by atoms with Gasteiger partial charge in [-0.3, -0.25) is 5.43 Å². The van der Waals surface area contributed by atoms with E-state index in [0.717, 1.165) is 16.7 Å². The van der Waals surface area contributed by atoms with Crippen molar-refractivity contribution in [1.82, 2.24) is 10.7 Å². The molecular formula is C15H17N3O2S. The van der Waals surface area contributed by atoms with Gasteiger partial charge < -0.3 is 14.5 Å². The average Bonchev–Trinajstić information content (AvgIpc) is 3.18. The molecule has 0 radical (unpaired) electrons. The van der Waals surface area contributed by atoms with Crippen LogP contribution in [0.3, 0.4) is 0 Å². The molecule has 2 aromatic rings. The SMILES string of the molecule is COc1cccc2cc(C(C)=NNC(=S)NC3CC3)oc12. The molecule has 1 saturated carbocycles. The van der Waals surface area contributed by atoms with Crippen molar-refractivity contribution in [3.63, 3.8) is 0 Å². The molecular weight excluding hydrogens is 286 g/mol. The Balaban J connectivity index is 1.77. The molecule has 1 aliphatic rings. The number of thiocarbonyl (C=S) groups is 1. The second-order valence-corrected chi connectivity index (χ2v) is 5.45. The van der Waals surface area contributed by atoms with E-state index in [1.807, 2.05) is 31.2 Å². The molecule has 3 rings (SSSR count). The fourth-order valence-corrected chi connectivity index (χ4v) is 2.22. The number of rotatable bonds is 4. The average molecular weight is 303 g/mol. The fraction of sp³-hybridized carbons (Fsp3) is 0.333. The van der Waals surface area contributed by atoms with Crippen molar-refractivity contribution in [2.24, 2.45) is 5.10 Å². The summed E-state index contributed by atoms with van der Waals surface area (Å²) in [5.74, 6) is 1.40. The Hall–Kier alpha value is -2.08. The van der Waals surface area contributed by atoms with Gasteiger partial charge in [-0.25, -0.2) is 0 Å². The number of benzene rings is 1. The summed E-state index contributed by atoms with van der Waals surface area (Å²) in [6.07, 6.45) is 2.35. The quantitative estimate of drug-likeness (QED) is 0.517. The second-order valence-electron chi connectivity index (χ2n) is 5.05. The second kappa shape index (κ2) is 5.73. The zero-order valence-electron chi connectivity index (χ0n) is 12.0. The Bertz CT molecular complexity index is 704. The molecule has 0 atom stereocenters. The molecule has 1 aliphatic carbocycles. The zero-order valence-corrected chi connectivity index (χ0v) is 12.8. The van der Waals surface area contributed by atoms with E-state index in [2.05, 4.69) is 15.8 Å². The van der Waals surface area contributed by atoms with E-state index in [1.165, 1.54) is 12.8 Å². The number of hydrazone groups is 1. The maximum atomic E-state index is 5.82. The molecule has 1 fully saturated rings. The summed E-state index contributed by atoms with van der Waals surface area (Å²) in [6.45, 7) is 1.87. The Morgan fingerprint density at radius 3 is 2.95 bits per heavy atom. The lowest BCUT2D eigenvalue weighted by atomic mass is 10.2. The first-order valence-corrected chi connectivity index (χ1v) is 7.26. The van der Waals surface area contributed by atoms with Crippen LogP contribution in [0.4, 0.5) is 0 Å². The number of ether oxygens (including phenoxy) is 1. The first-order valence-electron chi connectivity index (χ1n) is 6.85. The van der Waals surface area contributed by atoms with Crippen molar-refractivity contribution in [1.29, 1.82) is 0 Å². The number of para-hydroxylation sites is 1. The van der Waals surface area contributed by atoms with Crippen LogP contribution in [0.1, 0.15) is 25.5 Å². The lowest BCUT2D eigenvalue weighted by Crippen LogP contribution is -2.33. The summed E-state index contributed by atoms with van der Waals surface area (Å²) in [4.78, 5) is 0. The lowest BCUT2D eigenvalue weighted by molar-refractivity contribution is 0.410. The maximum Gasteiger partial charge on any atom is 0.187 e. The first-order chi connectivity index (χ1) is 10.2. The van der Waals surface area contributed by atoms with Crippen LogP contribution in [-0.4, -0.2) is 24.0 Å². The highest BCUT2D eigenvalue weighted by molar-refractivity contribution is 7.80. The van der Waals surface area contributed by atoms with Crippen molar-refractivity contribution in [2.45, 2.75) is 25.8 Å². The van der Waals surface area contributed by atoms with E-state index >= 15 is 0 Å². The highest BCUT2D eigenvalue weighted by Crippen LogP contribution is 2.28. The molecule has 6 heteroatoms. The molecule has 5 nitrogen and oxygen atoms in total. The minimum atomic E-state index is 0.510. The predicted molar refractivity (Wildman–Crippen MR) is 86.9 cm³/mol. The van der Waals surface area contributed by atoms with Crippen LogP contribution in [0.2, 0.25) is 0 Å².